The molecule has 1 aromatic heterocycles. The number of para-hydroxylation sites is 1. The Balaban J connectivity index is 2.48. The van der Waals surface area contributed by atoms with E-state index in [1.165, 1.54) is 11.6 Å². The van der Waals surface area contributed by atoms with E-state index in [1.807, 2.05) is 6.07 Å². The van der Waals surface area contributed by atoms with E-state index in [0.29, 0.717) is 11.4 Å². The summed E-state index contributed by atoms with van der Waals surface area (Å²) >= 11 is 0. The van der Waals surface area contributed by atoms with E-state index in [0.717, 1.165) is 0 Å². The first kappa shape index (κ1) is 17.0. The van der Waals surface area contributed by atoms with E-state index < -0.39 is 24.7 Å². The molecule has 23 heavy (non-hydrogen) atoms. The zero-order chi connectivity index (χ0) is 17.2. The van der Waals surface area contributed by atoms with Gasteiger partial charge in [0.1, 0.15) is 6.04 Å². The molecule has 1 unspecified atom stereocenters. The van der Waals surface area contributed by atoms with Crippen LogP contribution in [0.25, 0.3) is 5.69 Å². The number of halogens is 3. The van der Waals surface area contributed by atoms with Crippen molar-refractivity contribution in [3.05, 3.63) is 47.3 Å². The van der Waals surface area contributed by atoms with Crippen molar-refractivity contribution in [3.63, 3.8) is 0 Å². The summed E-state index contributed by atoms with van der Waals surface area (Å²) in [6.45, 7) is 2.50. The minimum absolute atomic E-state index is 0.00241. The van der Waals surface area contributed by atoms with E-state index >= 15 is 0 Å². The second kappa shape index (κ2) is 6.41. The van der Waals surface area contributed by atoms with E-state index in [1.54, 1.807) is 31.2 Å². The highest BCUT2D eigenvalue weighted by Crippen LogP contribution is 2.36. The molecule has 124 valence electrons. The van der Waals surface area contributed by atoms with Gasteiger partial charge in [0.15, 0.2) is 0 Å². The summed E-state index contributed by atoms with van der Waals surface area (Å²) in [5, 5.41) is 6.37. The Morgan fingerprint density at radius 1 is 1.30 bits per heavy atom. The van der Waals surface area contributed by atoms with Crippen molar-refractivity contribution in [3.8, 4) is 5.69 Å². The number of nitrogens with two attached hydrogens (primary N) is 1. The van der Waals surface area contributed by atoms with Gasteiger partial charge in [-0.15, -0.1) is 0 Å². The minimum atomic E-state index is -4.57. The molecule has 0 radical (unpaired) electrons. The maximum absolute atomic E-state index is 13.4. The maximum atomic E-state index is 13.4. The van der Waals surface area contributed by atoms with Crippen LogP contribution in [0.15, 0.2) is 30.3 Å². The SMILES string of the molecule is Cc1nn(-c2ccccc2)c(C)c1C(NCC(N)=O)C(F)(F)F. The van der Waals surface area contributed by atoms with Crippen LogP contribution in [0.1, 0.15) is 23.0 Å². The lowest BCUT2D eigenvalue weighted by atomic mass is 10.0. The Labute approximate surface area is 131 Å². The van der Waals surface area contributed by atoms with Crippen LogP contribution in [0.5, 0.6) is 0 Å². The lowest BCUT2D eigenvalue weighted by Gasteiger charge is -2.22. The van der Waals surface area contributed by atoms with Crippen molar-refractivity contribution < 1.29 is 18.0 Å². The van der Waals surface area contributed by atoms with Crippen molar-refractivity contribution in [2.45, 2.75) is 26.1 Å². The second-order valence-corrected chi connectivity index (χ2v) is 5.15. The summed E-state index contributed by atoms with van der Waals surface area (Å²) in [4.78, 5) is 10.8. The van der Waals surface area contributed by atoms with Crippen molar-refractivity contribution >= 4 is 5.91 Å². The quantitative estimate of drug-likeness (QED) is 0.884. The number of aryl methyl sites for hydroxylation is 1. The number of alkyl halides is 3. The maximum Gasteiger partial charge on any atom is 0.408 e. The molecule has 0 saturated carbocycles. The molecule has 0 bridgehead atoms. The molecule has 8 heteroatoms. The topological polar surface area (TPSA) is 72.9 Å². The van der Waals surface area contributed by atoms with Crippen LogP contribution in [0, 0.1) is 13.8 Å². The molecule has 2 rings (SSSR count). The summed E-state index contributed by atoms with van der Waals surface area (Å²) in [6.07, 6.45) is -4.57. The number of benzene rings is 1. The van der Waals surface area contributed by atoms with Crippen molar-refractivity contribution in [1.29, 1.82) is 0 Å². The van der Waals surface area contributed by atoms with Crippen molar-refractivity contribution in [2.75, 3.05) is 6.54 Å². The third kappa shape index (κ3) is 3.70. The van der Waals surface area contributed by atoms with Gasteiger partial charge in [-0.25, -0.2) is 4.68 Å². The van der Waals surface area contributed by atoms with Crippen molar-refractivity contribution in [2.24, 2.45) is 5.73 Å². The monoisotopic (exact) mass is 326 g/mol. The number of aromatic nitrogens is 2. The molecule has 0 saturated heterocycles. The molecule has 0 spiro atoms. The molecule has 5 nitrogen and oxygen atoms in total. The average molecular weight is 326 g/mol. The number of hydrogen-bond acceptors (Lipinski definition) is 3. The molecule has 3 N–H and O–H groups in total. The van der Waals surface area contributed by atoms with Crippen LogP contribution in [0.3, 0.4) is 0 Å². The Hall–Kier alpha value is -2.35. The van der Waals surface area contributed by atoms with Gasteiger partial charge < -0.3 is 5.73 Å². The molecule has 1 aromatic carbocycles. The number of carbonyl (C=O) groups is 1. The Bertz CT molecular complexity index is 695. The molecular weight excluding hydrogens is 309 g/mol. The Morgan fingerprint density at radius 2 is 1.91 bits per heavy atom. The second-order valence-electron chi connectivity index (χ2n) is 5.15. The minimum Gasteiger partial charge on any atom is -0.369 e. The molecule has 1 atom stereocenters. The lowest BCUT2D eigenvalue weighted by molar-refractivity contribution is -0.158. The van der Waals surface area contributed by atoms with Crippen LogP contribution in [-0.2, 0) is 4.79 Å². The summed E-state index contributed by atoms with van der Waals surface area (Å²) < 4.78 is 41.6. The van der Waals surface area contributed by atoms with Crippen molar-refractivity contribution in [1.82, 2.24) is 15.1 Å². The third-order valence-electron chi connectivity index (χ3n) is 3.44. The van der Waals surface area contributed by atoms with Gasteiger partial charge in [0, 0.05) is 11.3 Å². The van der Waals surface area contributed by atoms with Crippen LogP contribution < -0.4 is 11.1 Å². The fourth-order valence-corrected chi connectivity index (χ4v) is 2.48. The molecule has 0 fully saturated rings. The van der Waals surface area contributed by atoms with E-state index in [4.69, 9.17) is 5.73 Å². The van der Waals surface area contributed by atoms with Gasteiger partial charge in [-0.2, -0.15) is 18.3 Å². The van der Waals surface area contributed by atoms with E-state index in [-0.39, 0.29) is 11.3 Å². The zero-order valence-electron chi connectivity index (χ0n) is 12.7. The average Bonchev–Trinajstić information content (AvgIpc) is 2.75. The lowest BCUT2D eigenvalue weighted by Crippen LogP contribution is -2.39. The molecule has 1 amide bonds. The highest BCUT2D eigenvalue weighted by atomic mass is 19.4. The fraction of sp³-hybridized carbons (Fsp3) is 0.333. The first-order chi connectivity index (χ1) is 10.7. The molecule has 0 aliphatic heterocycles. The fourth-order valence-electron chi connectivity index (χ4n) is 2.48. The molecule has 1 heterocycles. The molecule has 0 aliphatic carbocycles. The van der Waals surface area contributed by atoms with Gasteiger partial charge in [0.25, 0.3) is 0 Å². The van der Waals surface area contributed by atoms with Crippen LogP contribution in [0.2, 0.25) is 0 Å². The Kier molecular flexibility index (Phi) is 4.74. The first-order valence-corrected chi connectivity index (χ1v) is 6.91. The summed E-state index contributed by atoms with van der Waals surface area (Å²) in [6, 6.07) is 6.86. The number of carbonyl (C=O) groups excluding carboxylic acids is 1. The summed E-state index contributed by atoms with van der Waals surface area (Å²) in [7, 11) is 0. The third-order valence-corrected chi connectivity index (χ3v) is 3.44. The van der Waals surface area contributed by atoms with E-state index in [9.17, 15) is 18.0 Å². The number of nitrogens with zero attached hydrogens (tertiary/aromatic N) is 2. The molecule has 2 aromatic rings. The summed E-state index contributed by atoms with van der Waals surface area (Å²) in [5.74, 6) is -0.856. The Morgan fingerprint density at radius 3 is 2.43 bits per heavy atom. The van der Waals surface area contributed by atoms with Gasteiger partial charge in [0.05, 0.1) is 17.9 Å². The summed E-state index contributed by atoms with van der Waals surface area (Å²) in [5.41, 5.74) is 6.21. The van der Waals surface area contributed by atoms with Gasteiger partial charge in [0.2, 0.25) is 5.91 Å². The van der Waals surface area contributed by atoms with Gasteiger partial charge in [-0.3, -0.25) is 10.1 Å². The smallest absolute Gasteiger partial charge is 0.369 e. The zero-order valence-corrected chi connectivity index (χ0v) is 12.7. The predicted molar refractivity (Wildman–Crippen MR) is 79.0 cm³/mol. The number of amides is 1. The number of hydrogen-bond donors (Lipinski definition) is 2. The van der Waals surface area contributed by atoms with E-state index in [2.05, 4.69) is 10.4 Å². The largest absolute Gasteiger partial charge is 0.408 e. The highest BCUT2D eigenvalue weighted by Gasteiger charge is 2.43. The van der Waals surface area contributed by atoms with Gasteiger partial charge in [-0.05, 0) is 26.0 Å². The predicted octanol–water partition coefficient (Wildman–Crippen LogP) is 2.17. The number of rotatable bonds is 5. The normalized spacial score (nSPS) is 13.1. The van der Waals surface area contributed by atoms with Crippen LogP contribution in [-0.4, -0.2) is 28.4 Å². The van der Waals surface area contributed by atoms with Gasteiger partial charge >= 0.3 is 6.18 Å². The number of primary amides is 1. The van der Waals surface area contributed by atoms with Crippen LogP contribution >= 0.6 is 0 Å². The van der Waals surface area contributed by atoms with Gasteiger partial charge in [-0.1, -0.05) is 18.2 Å². The van der Waals surface area contributed by atoms with Crippen LogP contribution in [0.4, 0.5) is 13.2 Å². The highest BCUT2D eigenvalue weighted by molar-refractivity contribution is 5.76. The number of nitrogens with one attached hydrogen (secondary N) is 1. The first-order valence-electron chi connectivity index (χ1n) is 6.91. The molecular formula is C15H17F3N4O. The molecule has 0 aliphatic rings. The standard InChI is InChI=1S/C15H17F3N4O/c1-9-13(14(15(16,17)18)20-8-12(19)23)10(2)22(21-9)11-6-4-3-5-7-11/h3-7,14,20H,8H2,1-2H3,(H2,19,23).